The van der Waals surface area contributed by atoms with Crippen LogP contribution in [0.1, 0.15) is 29.6 Å². The predicted octanol–water partition coefficient (Wildman–Crippen LogP) is 2.53. The average molecular weight is 312 g/mol. The van der Waals surface area contributed by atoms with Crippen molar-refractivity contribution in [3.05, 3.63) is 34.3 Å². The van der Waals surface area contributed by atoms with Gasteiger partial charge in [0, 0.05) is 16.6 Å². The molecule has 0 aliphatic carbocycles. The number of piperidine rings is 1. The summed E-state index contributed by atoms with van der Waals surface area (Å²) in [4.78, 5) is 24.9. The summed E-state index contributed by atoms with van der Waals surface area (Å²) in [5.74, 6) is -1.12. The summed E-state index contributed by atoms with van der Waals surface area (Å²) in [5.41, 5.74) is 0.534. The lowest BCUT2D eigenvalue weighted by molar-refractivity contribution is -0.143. The standard InChI is InChI=1S/C13H14BrNO3/c14-10-6-4-9(5-7-10)12(16)15-8-2-1-3-11(15)13(17)18/h4-7,11H,1-3,8H2,(H,17,18)/t11-/m1/s1. The number of rotatable bonds is 2. The number of hydrogen-bond donors (Lipinski definition) is 1. The second kappa shape index (κ2) is 5.52. The molecule has 0 radical (unpaired) electrons. The van der Waals surface area contributed by atoms with Gasteiger partial charge in [-0.25, -0.2) is 4.79 Å². The monoisotopic (exact) mass is 311 g/mol. The van der Waals surface area contributed by atoms with E-state index in [4.69, 9.17) is 5.11 Å². The molecule has 1 amide bonds. The van der Waals surface area contributed by atoms with Crippen LogP contribution < -0.4 is 0 Å². The van der Waals surface area contributed by atoms with E-state index in [0.717, 1.165) is 17.3 Å². The van der Waals surface area contributed by atoms with Crippen LogP contribution in [-0.2, 0) is 4.79 Å². The minimum absolute atomic E-state index is 0.199. The summed E-state index contributed by atoms with van der Waals surface area (Å²) in [6.45, 7) is 0.520. The fourth-order valence-electron chi connectivity index (χ4n) is 2.19. The van der Waals surface area contributed by atoms with Crippen LogP contribution in [0.15, 0.2) is 28.7 Å². The molecule has 0 bridgehead atoms. The Morgan fingerprint density at radius 1 is 1.22 bits per heavy atom. The first-order valence-electron chi connectivity index (χ1n) is 5.89. The van der Waals surface area contributed by atoms with Gasteiger partial charge in [0.1, 0.15) is 6.04 Å². The molecule has 1 aliphatic heterocycles. The lowest BCUT2D eigenvalue weighted by Crippen LogP contribution is -2.47. The van der Waals surface area contributed by atoms with E-state index in [-0.39, 0.29) is 5.91 Å². The molecule has 1 N–H and O–H groups in total. The molecule has 1 fully saturated rings. The van der Waals surface area contributed by atoms with E-state index >= 15 is 0 Å². The molecule has 0 unspecified atom stereocenters. The van der Waals surface area contributed by atoms with Crippen LogP contribution in [0.4, 0.5) is 0 Å². The van der Waals surface area contributed by atoms with E-state index in [2.05, 4.69) is 15.9 Å². The number of halogens is 1. The largest absolute Gasteiger partial charge is 0.480 e. The summed E-state index contributed by atoms with van der Waals surface area (Å²) in [5, 5.41) is 9.15. The minimum atomic E-state index is -0.917. The molecule has 1 aliphatic rings. The molecule has 18 heavy (non-hydrogen) atoms. The van der Waals surface area contributed by atoms with E-state index in [9.17, 15) is 9.59 Å². The number of benzene rings is 1. The van der Waals surface area contributed by atoms with Crippen LogP contribution in [-0.4, -0.2) is 34.5 Å². The zero-order valence-electron chi connectivity index (χ0n) is 9.80. The number of carboxylic acids is 1. The number of hydrogen-bond acceptors (Lipinski definition) is 2. The van der Waals surface area contributed by atoms with Crippen molar-refractivity contribution >= 4 is 27.8 Å². The van der Waals surface area contributed by atoms with Crippen molar-refractivity contribution < 1.29 is 14.7 Å². The molecule has 96 valence electrons. The van der Waals surface area contributed by atoms with Gasteiger partial charge in [-0.15, -0.1) is 0 Å². The third-order valence-electron chi connectivity index (χ3n) is 3.14. The second-order valence-electron chi connectivity index (χ2n) is 4.36. The fraction of sp³-hybridized carbons (Fsp3) is 0.385. The van der Waals surface area contributed by atoms with Crippen LogP contribution >= 0.6 is 15.9 Å². The van der Waals surface area contributed by atoms with Gasteiger partial charge >= 0.3 is 5.97 Å². The van der Waals surface area contributed by atoms with Gasteiger partial charge in [0.25, 0.3) is 5.91 Å². The molecule has 1 atom stereocenters. The van der Waals surface area contributed by atoms with Crippen LogP contribution in [0.3, 0.4) is 0 Å². The Hall–Kier alpha value is -1.36. The fourth-order valence-corrected chi connectivity index (χ4v) is 2.45. The van der Waals surface area contributed by atoms with Crippen molar-refractivity contribution in [2.45, 2.75) is 25.3 Å². The van der Waals surface area contributed by atoms with Gasteiger partial charge in [0.2, 0.25) is 0 Å². The Balaban J connectivity index is 2.20. The topological polar surface area (TPSA) is 57.6 Å². The van der Waals surface area contributed by atoms with Gasteiger partial charge in [-0.2, -0.15) is 0 Å². The van der Waals surface area contributed by atoms with Crippen LogP contribution in [0, 0.1) is 0 Å². The first kappa shape index (κ1) is 13.1. The van der Waals surface area contributed by atoms with Gasteiger partial charge in [0.15, 0.2) is 0 Å². The highest BCUT2D eigenvalue weighted by Gasteiger charge is 2.32. The molecule has 0 saturated carbocycles. The van der Waals surface area contributed by atoms with Gasteiger partial charge < -0.3 is 10.0 Å². The van der Waals surface area contributed by atoms with Crippen molar-refractivity contribution in [2.75, 3.05) is 6.54 Å². The van der Waals surface area contributed by atoms with E-state index in [1.807, 2.05) is 0 Å². The maximum Gasteiger partial charge on any atom is 0.326 e. The number of nitrogens with zero attached hydrogens (tertiary/aromatic N) is 1. The highest BCUT2D eigenvalue weighted by atomic mass is 79.9. The van der Waals surface area contributed by atoms with Crippen LogP contribution in [0.5, 0.6) is 0 Å². The van der Waals surface area contributed by atoms with Crippen molar-refractivity contribution in [1.82, 2.24) is 4.90 Å². The zero-order valence-corrected chi connectivity index (χ0v) is 11.4. The molecule has 1 saturated heterocycles. The third kappa shape index (κ3) is 2.72. The maximum atomic E-state index is 12.3. The average Bonchev–Trinajstić information content (AvgIpc) is 2.39. The number of likely N-dealkylation sites (tertiary alicyclic amines) is 1. The lowest BCUT2D eigenvalue weighted by atomic mass is 10.0. The summed E-state index contributed by atoms with van der Waals surface area (Å²) in [6, 6.07) is 6.30. The SMILES string of the molecule is O=C(O)[C@H]1CCCCN1C(=O)c1ccc(Br)cc1. The molecule has 2 rings (SSSR count). The van der Waals surface area contributed by atoms with Crippen molar-refractivity contribution in [3.8, 4) is 0 Å². The van der Waals surface area contributed by atoms with Gasteiger partial charge in [-0.3, -0.25) is 4.79 Å². The Bertz CT molecular complexity index is 458. The molecule has 1 aromatic carbocycles. The van der Waals surface area contributed by atoms with E-state index in [0.29, 0.717) is 18.5 Å². The van der Waals surface area contributed by atoms with Crippen molar-refractivity contribution in [2.24, 2.45) is 0 Å². The van der Waals surface area contributed by atoms with Crippen molar-refractivity contribution in [3.63, 3.8) is 0 Å². The lowest BCUT2D eigenvalue weighted by Gasteiger charge is -2.33. The first-order chi connectivity index (χ1) is 8.59. The Labute approximate surface area is 114 Å². The molecule has 0 spiro atoms. The quantitative estimate of drug-likeness (QED) is 0.913. The normalized spacial score (nSPS) is 19.6. The van der Waals surface area contributed by atoms with E-state index in [1.165, 1.54) is 4.90 Å². The molecule has 5 heteroatoms. The number of carbonyl (C=O) groups excluding carboxylic acids is 1. The Morgan fingerprint density at radius 3 is 2.50 bits per heavy atom. The smallest absolute Gasteiger partial charge is 0.326 e. The summed E-state index contributed by atoms with van der Waals surface area (Å²) in [7, 11) is 0. The first-order valence-corrected chi connectivity index (χ1v) is 6.68. The van der Waals surface area contributed by atoms with Gasteiger partial charge in [0.05, 0.1) is 0 Å². The number of aliphatic carboxylic acids is 1. The molecule has 1 heterocycles. The highest BCUT2D eigenvalue weighted by molar-refractivity contribution is 9.10. The summed E-state index contributed by atoms with van der Waals surface area (Å²) >= 11 is 3.31. The number of carboxylic acid groups (broad SMARTS) is 1. The summed E-state index contributed by atoms with van der Waals surface area (Å²) < 4.78 is 0.896. The van der Waals surface area contributed by atoms with Crippen molar-refractivity contribution in [1.29, 1.82) is 0 Å². The predicted molar refractivity (Wildman–Crippen MR) is 70.5 cm³/mol. The van der Waals surface area contributed by atoms with Gasteiger partial charge in [-0.05, 0) is 43.5 Å². The number of amides is 1. The highest BCUT2D eigenvalue weighted by Crippen LogP contribution is 2.20. The number of carbonyl (C=O) groups is 2. The Morgan fingerprint density at radius 2 is 1.89 bits per heavy atom. The molecular formula is C13H14BrNO3. The van der Waals surface area contributed by atoms with E-state index < -0.39 is 12.0 Å². The zero-order chi connectivity index (χ0) is 13.1. The van der Waals surface area contributed by atoms with Crippen LogP contribution in [0.2, 0.25) is 0 Å². The molecule has 0 aromatic heterocycles. The molecule has 4 nitrogen and oxygen atoms in total. The second-order valence-corrected chi connectivity index (χ2v) is 5.27. The van der Waals surface area contributed by atoms with Gasteiger partial charge in [-0.1, -0.05) is 15.9 Å². The summed E-state index contributed by atoms with van der Waals surface area (Å²) in [6.07, 6.45) is 2.27. The Kier molecular flexibility index (Phi) is 4.01. The maximum absolute atomic E-state index is 12.3. The minimum Gasteiger partial charge on any atom is -0.480 e. The third-order valence-corrected chi connectivity index (χ3v) is 3.67. The molecular weight excluding hydrogens is 298 g/mol. The van der Waals surface area contributed by atoms with Crippen LogP contribution in [0.25, 0.3) is 0 Å². The molecule has 1 aromatic rings. The van der Waals surface area contributed by atoms with E-state index in [1.54, 1.807) is 24.3 Å².